The number of nitro benzene ring substituents is 2. The molecule has 4 aromatic rings. The Hall–Kier alpha value is -4.72. The molecule has 0 amide bonds. The highest BCUT2D eigenvalue weighted by Crippen LogP contribution is 2.48. The van der Waals surface area contributed by atoms with E-state index in [1.54, 1.807) is 24.3 Å². The molecule has 2 fully saturated rings. The fraction of sp³-hybridized carbons (Fsp3) is 0.368. The average molecular weight is 621 g/mol. The first-order valence-corrected chi connectivity index (χ1v) is 16.4. The molecule has 6 rings (SSSR count). The van der Waals surface area contributed by atoms with Crippen molar-refractivity contribution in [1.82, 2.24) is 0 Å². The van der Waals surface area contributed by atoms with Crippen molar-refractivity contribution in [3.8, 4) is 23.0 Å². The van der Waals surface area contributed by atoms with E-state index in [9.17, 15) is 20.2 Å². The van der Waals surface area contributed by atoms with Crippen molar-refractivity contribution in [3.05, 3.63) is 128 Å². The van der Waals surface area contributed by atoms with Gasteiger partial charge in [-0.2, -0.15) is 0 Å². The summed E-state index contributed by atoms with van der Waals surface area (Å²) in [7, 11) is 0. The molecule has 46 heavy (non-hydrogen) atoms. The first-order valence-electron chi connectivity index (χ1n) is 16.4. The molecule has 0 bridgehead atoms. The Labute approximate surface area is 269 Å². The van der Waals surface area contributed by atoms with E-state index in [-0.39, 0.29) is 16.8 Å². The first kappa shape index (κ1) is 31.3. The van der Waals surface area contributed by atoms with Crippen LogP contribution in [-0.4, -0.2) is 9.85 Å². The third-order valence-corrected chi connectivity index (χ3v) is 10.0. The standard InChI is InChI=1S/C38H40N2O6/c41-39(42)32-12-20-36(21-13-32)45-34-16-8-30(9-17-34)38(26-24-29(25-27-38)7-6-28-4-2-1-3-5-28)31-10-18-35(19-11-31)46-37-22-14-33(15-23-37)40(43)44/h8-23,28-29H,1-7,24-27H2. The summed E-state index contributed by atoms with van der Waals surface area (Å²) in [5, 5.41) is 22.0. The van der Waals surface area contributed by atoms with Gasteiger partial charge in [0.2, 0.25) is 0 Å². The molecule has 0 saturated heterocycles. The summed E-state index contributed by atoms with van der Waals surface area (Å²) >= 11 is 0. The van der Waals surface area contributed by atoms with Crippen LogP contribution in [0.2, 0.25) is 0 Å². The summed E-state index contributed by atoms with van der Waals surface area (Å²) in [5.74, 6) is 4.13. The van der Waals surface area contributed by atoms with Crippen LogP contribution in [0.3, 0.4) is 0 Å². The van der Waals surface area contributed by atoms with Gasteiger partial charge in [-0.15, -0.1) is 0 Å². The van der Waals surface area contributed by atoms with Gasteiger partial charge in [0.15, 0.2) is 0 Å². The van der Waals surface area contributed by atoms with Crippen molar-refractivity contribution in [3.63, 3.8) is 0 Å². The number of hydrogen-bond acceptors (Lipinski definition) is 6. The fourth-order valence-electron chi connectivity index (χ4n) is 7.38. The number of nitro groups is 2. The van der Waals surface area contributed by atoms with E-state index in [0.29, 0.717) is 23.0 Å². The lowest BCUT2D eigenvalue weighted by molar-refractivity contribution is -0.385. The van der Waals surface area contributed by atoms with E-state index < -0.39 is 9.85 Å². The monoisotopic (exact) mass is 620 g/mol. The van der Waals surface area contributed by atoms with Gasteiger partial charge < -0.3 is 9.47 Å². The Bertz CT molecular complexity index is 1500. The Morgan fingerprint density at radius 1 is 0.522 bits per heavy atom. The second-order valence-corrected chi connectivity index (χ2v) is 12.9. The van der Waals surface area contributed by atoms with Crippen LogP contribution in [0.1, 0.15) is 81.8 Å². The van der Waals surface area contributed by atoms with Crippen LogP contribution in [0.4, 0.5) is 11.4 Å². The van der Waals surface area contributed by atoms with E-state index in [1.165, 1.54) is 93.2 Å². The number of benzene rings is 4. The van der Waals surface area contributed by atoms with Crippen molar-refractivity contribution in [2.24, 2.45) is 11.8 Å². The smallest absolute Gasteiger partial charge is 0.269 e. The summed E-state index contributed by atoms with van der Waals surface area (Å²) in [6.45, 7) is 0. The van der Waals surface area contributed by atoms with Crippen molar-refractivity contribution in [2.75, 3.05) is 0 Å². The van der Waals surface area contributed by atoms with Gasteiger partial charge in [0.05, 0.1) is 9.85 Å². The Morgan fingerprint density at radius 3 is 1.24 bits per heavy atom. The number of non-ortho nitro benzene ring substituents is 2. The van der Waals surface area contributed by atoms with E-state index in [0.717, 1.165) is 24.7 Å². The summed E-state index contributed by atoms with van der Waals surface area (Å²) in [6, 6.07) is 28.8. The molecule has 2 saturated carbocycles. The van der Waals surface area contributed by atoms with Gasteiger partial charge in [-0.25, -0.2) is 0 Å². The number of rotatable bonds is 11. The summed E-state index contributed by atoms with van der Waals surface area (Å²) in [4.78, 5) is 21.2. The summed E-state index contributed by atoms with van der Waals surface area (Å²) in [5.41, 5.74) is 2.42. The minimum Gasteiger partial charge on any atom is -0.457 e. The van der Waals surface area contributed by atoms with Crippen molar-refractivity contribution >= 4 is 11.4 Å². The minimum atomic E-state index is -0.420. The third-order valence-electron chi connectivity index (χ3n) is 10.0. The highest BCUT2D eigenvalue weighted by atomic mass is 16.6. The highest BCUT2D eigenvalue weighted by Gasteiger charge is 2.38. The molecule has 0 heterocycles. The molecule has 2 aliphatic rings. The van der Waals surface area contributed by atoms with E-state index in [4.69, 9.17) is 9.47 Å². The van der Waals surface area contributed by atoms with Gasteiger partial charge in [0.25, 0.3) is 11.4 Å². The highest BCUT2D eigenvalue weighted by molar-refractivity contribution is 5.46. The molecule has 238 valence electrons. The quantitative estimate of drug-likeness (QED) is 0.122. The molecule has 0 atom stereocenters. The van der Waals surface area contributed by atoms with Crippen LogP contribution in [0.15, 0.2) is 97.1 Å². The van der Waals surface area contributed by atoms with Crippen LogP contribution < -0.4 is 9.47 Å². The predicted molar refractivity (Wildman–Crippen MR) is 178 cm³/mol. The predicted octanol–water partition coefficient (Wildman–Crippen LogP) is 10.9. The first-order chi connectivity index (χ1) is 22.4. The third kappa shape index (κ3) is 7.39. The van der Waals surface area contributed by atoms with Crippen molar-refractivity contribution in [1.29, 1.82) is 0 Å². The molecule has 0 N–H and O–H groups in total. The molecule has 8 nitrogen and oxygen atoms in total. The lowest BCUT2D eigenvalue weighted by Gasteiger charge is -2.42. The molecular formula is C38H40N2O6. The largest absolute Gasteiger partial charge is 0.457 e. The molecule has 0 aliphatic heterocycles. The second-order valence-electron chi connectivity index (χ2n) is 12.9. The van der Waals surface area contributed by atoms with Gasteiger partial charge in [0.1, 0.15) is 23.0 Å². The molecule has 2 aliphatic carbocycles. The fourth-order valence-corrected chi connectivity index (χ4v) is 7.38. The molecule has 0 unspecified atom stereocenters. The zero-order valence-electron chi connectivity index (χ0n) is 26.0. The summed E-state index contributed by atoms with van der Waals surface area (Å²) in [6.07, 6.45) is 14.2. The maximum absolute atomic E-state index is 11.0. The van der Waals surface area contributed by atoms with Gasteiger partial charge in [-0.3, -0.25) is 20.2 Å². The van der Waals surface area contributed by atoms with E-state index in [2.05, 4.69) is 24.3 Å². The second kappa shape index (κ2) is 14.1. The maximum atomic E-state index is 11.0. The molecule has 0 spiro atoms. The Morgan fingerprint density at radius 2 is 0.870 bits per heavy atom. The van der Waals surface area contributed by atoms with Gasteiger partial charge in [-0.05, 0) is 97.2 Å². The summed E-state index contributed by atoms with van der Waals surface area (Å²) < 4.78 is 12.0. The zero-order valence-corrected chi connectivity index (χ0v) is 26.0. The van der Waals surface area contributed by atoms with Crippen molar-refractivity contribution in [2.45, 2.75) is 76.0 Å². The average Bonchev–Trinajstić information content (AvgIpc) is 3.09. The molecule has 8 heteroatoms. The van der Waals surface area contributed by atoms with Crippen LogP contribution >= 0.6 is 0 Å². The lowest BCUT2D eigenvalue weighted by atomic mass is 9.62. The number of ether oxygens (including phenoxy) is 2. The topological polar surface area (TPSA) is 105 Å². The Balaban J connectivity index is 1.19. The molecule has 4 aromatic carbocycles. The van der Waals surface area contributed by atoms with Crippen LogP contribution in [0.5, 0.6) is 23.0 Å². The molecular weight excluding hydrogens is 580 g/mol. The molecule has 0 radical (unpaired) electrons. The van der Waals surface area contributed by atoms with Gasteiger partial charge in [0, 0.05) is 29.7 Å². The SMILES string of the molecule is O=[N+]([O-])c1ccc(Oc2ccc(C3(c4ccc(Oc5ccc([N+](=O)[O-])cc5)cc4)CCC(CCC4CCCCC4)CC3)cc2)cc1. The lowest BCUT2D eigenvalue weighted by Crippen LogP contribution is -2.33. The van der Waals surface area contributed by atoms with Crippen LogP contribution in [0, 0.1) is 32.1 Å². The maximum Gasteiger partial charge on any atom is 0.269 e. The minimum absolute atomic E-state index is 0.0307. The van der Waals surface area contributed by atoms with E-state index >= 15 is 0 Å². The molecule has 0 aromatic heterocycles. The number of hydrogen-bond donors (Lipinski definition) is 0. The normalized spacial score (nSPS) is 16.9. The van der Waals surface area contributed by atoms with Gasteiger partial charge >= 0.3 is 0 Å². The van der Waals surface area contributed by atoms with E-state index in [1.807, 2.05) is 24.3 Å². The van der Waals surface area contributed by atoms with Crippen LogP contribution in [0.25, 0.3) is 0 Å². The van der Waals surface area contributed by atoms with Crippen LogP contribution in [-0.2, 0) is 5.41 Å². The number of nitrogens with zero attached hydrogens (tertiary/aromatic N) is 2. The van der Waals surface area contributed by atoms with Crippen molar-refractivity contribution < 1.29 is 19.3 Å². The van der Waals surface area contributed by atoms with Gasteiger partial charge in [-0.1, -0.05) is 69.2 Å². The zero-order chi connectivity index (χ0) is 31.9. The Kier molecular flexibility index (Phi) is 9.62.